The molecule has 2 rings (SSSR count). The highest BCUT2D eigenvalue weighted by Crippen LogP contribution is 2.25. The molecule has 0 amide bonds. The van der Waals surface area contributed by atoms with Crippen molar-refractivity contribution >= 4 is 28.7 Å². The van der Waals surface area contributed by atoms with Gasteiger partial charge in [0.05, 0.1) is 11.9 Å². The van der Waals surface area contributed by atoms with Crippen molar-refractivity contribution < 1.29 is 0 Å². The SMILES string of the molecule is CNc1cnc(-c2ccccn2)s1.Cl. The third-order valence-electron chi connectivity index (χ3n) is 1.64. The van der Waals surface area contributed by atoms with Gasteiger partial charge in [0.25, 0.3) is 0 Å². The van der Waals surface area contributed by atoms with Gasteiger partial charge in [0.15, 0.2) is 0 Å². The molecule has 3 nitrogen and oxygen atoms in total. The van der Waals surface area contributed by atoms with E-state index >= 15 is 0 Å². The first-order valence-electron chi connectivity index (χ1n) is 3.95. The van der Waals surface area contributed by atoms with Crippen LogP contribution in [-0.4, -0.2) is 17.0 Å². The molecule has 5 heteroatoms. The number of rotatable bonds is 2. The third kappa shape index (κ3) is 2.21. The average molecular weight is 228 g/mol. The van der Waals surface area contributed by atoms with Crippen molar-refractivity contribution in [1.29, 1.82) is 0 Å². The Morgan fingerprint density at radius 3 is 2.71 bits per heavy atom. The van der Waals surface area contributed by atoms with Gasteiger partial charge in [0.2, 0.25) is 0 Å². The topological polar surface area (TPSA) is 37.8 Å². The summed E-state index contributed by atoms with van der Waals surface area (Å²) in [6.45, 7) is 0. The van der Waals surface area contributed by atoms with Crippen molar-refractivity contribution in [2.75, 3.05) is 12.4 Å². The highest BCUT2D eigenvalue weighted by atomic mass is 35.5. The maximum Gasteiger partial charge on any atom is 0.143 e. The van der Waals surface area contributed by atoms with Gasteiger partial charge >= 0.3 is 0 Å². The predicted molar refractivity (Wildman–Crippen MR) is 62.1 cm³/mol. The first-order valence-corrected chi connectivity index (χ1v) is 4.77. The Bertz CT molecular complexity index is 388. The molecule has 2 heterocycles. The molecule has 1 N–H and O–H groups in total. The number of nitrogens with zero attached hydrogens (tertiary/aromatic N) is 2. The number of aromatic nitrogens is 2. The predicted octanol–water partition coefficient (Wildman–Crippen LogP) is 2.67. The minimum Gasteiger partial charge on any atom is -0.379 e. The Morgan fingerprint density at radius 2 is 2.14 bits per heavy atom. The van der Waals surface area contributed by atoms with Crippen LogP contribution in [0.5, 0.6) is 0 Å². The van der Waals surface area contributed by atoms with Crippen molar-refractivity contribution in [3.8, 4) is 10.7 Å². The van der Waals surface area contributed by atoms with Gasteiger partial charge < -0.3 is 5.32 Å². The summed E-state index contributed by atoms with van der Waals surface area (Å²) in [5.41, 5.74) is 0.925. The lowest BCUT2D eigenvalue weighted by atomic mass is 10.4. The van der Waals surface area contributed by atoms with E-state index in [0.29, 0.717) is 0 Å². The van der Waals surface area contributed by atoms with Crippen LogP contribution >= 0.6 is 23.7 Å². The van der Waals surface area contributed by atoms with E-state index in [2.05, 4.69) is 15.3 Å². The van der Waals surface area contributed by atoms with E-state index in [4.69, 9.17) is 0 Å². The van der Waals surface area contributed by atoms with E-state index < -0.39 is 0 Å². The van der Waals surface area contributed by atoms with Gasteiger partial charge in [-0.1, -0.05) is 17.4 Å². The molecule has 0 fully saturated rings. The van der Waals surface area contributed by atoms with Gasteiger partial charge in [0, 0.05) is 13.2 Å². The van der Waals surface area contributed by atoms with Crippen LogP contribution in [0.25, 0.3) is 10.7 Å². The summed E-state index contributed by atoms with van der Waals surface area (Å²) in [4.78, 5) is 8.47. The van der Waals surface area contributed by atoms with E-state index in [9.17, 15) is 0 Å². The molecule has 0 aliphatic heterocycles. The van der Waals surface area contributed by atoms with Crippen LogP contribution in [0.3, 0.4) is 0 Å². The van der Waals surface area contributed by atoms with Crippen molar-refractivity contribution in [2.45, 2.75) is 0 Å². The summed E-state index contributed by atoms with van der Waals surface area (Å²) in [5.74, 6) is 0. The standard InChI is InChI=1S/C9H9N3S.ClH/c1-10-8-6-12-9(13-8)7-4-2-3-5-11-7;/h2-6,10H,1H3;1H. The molecule has 0 unspecified atom stereocenters. The molecule has 14 heavy (non-hydrogen) atoms. The Morgan fingerprint density at radius 1 is 1.29 bits per heavy atom. The van der Waals surface area contributed by atoms with Gasteiger partial charge in [0.1, 0.15) is 10.0 Å². The monoisotopic (exact) mass is 227 g/mol. The molecule has 2 aromatic rings. The van der Waals surface area contributed by atoms with Crippen molar-refractivity contribution in [3.05, 3.63) is 30.6 Å². The quantitative estimate of drug-likeness (QED) is 0.857. The zero-order chi connectivity index (χ0) is 9.10. The van der Waals surface area contributed by atoms with Gasteiger partial charge in [-0.15, -0.1) is 12.4 Å². The molecule has 74 valence electrons. The summed E-state index contributed by atoms with van der Waals surface area (Å²) < 4.78 is 0. The lowest BCUT2D eigenvalue weighted by Gasteiger charge is -1.92. The van der Waals surface area contributed by atoms with E-state index in [1.807, 2.05) is 31.4 Å². The number of thiazole rings is 1. The van der Waals surface area contributed by atoms with Gasteiger partial charge in [-0.3, -0.25) is 4.98 Å². The summed E-state index contributed by atoms with van der Waals surface area (Å²) in [5, 5.41) is 5.05. The fourth-order valence-electron chi connectivity index (χ4n) is 0.997. The number of hydrogen-bond acceptors (Lipinski definition) is 4. The molecular formula is C9H10ClN3S. The van der Waals surface area contributed by atoms with Crippen LogP contribution in [0.2, 0.25) is 0 Å². The number of nitrogens with one attached hydrogen (secondary N) is 1. The summed E-state index contributed by atoms with van der Waals surface area (Å²) in [6, 6.07) is 5.82. The fraction of sp³-hybridized carbons (Fsp3) is 0.111. The second-order valence-electron chi connectivity index (χ2n) is 2.49. The van der Waals surface area contributed by atoms with Gasteiger partial charge in [-0.2, -0.15) is 0 Å². The summed E-state index contributed by atoms with van der Waals surface area (Å²) in [7, 11) is 1.88. The van der Waals surface area contributed by atoms with Crippen LogP contribution in [-0.2, 0) is 0 Å². The molecule has 0 atom stereocenters. The molecule has 0 bridgehead atoms. The zero-order valence-electron chi connectivity index (χ0n) is 7.60. The van der Waals surface area contributed by atoms with Crippen LogP contribution in [0, 0.1) is 0 Å². The second-order valence-corrected chi connectivity index (χ2v) is 3.53. The van der Waals surface area contributed by atoms with Gasteiger partial charge in [-0.25, -0.2) is 4.98 Å². The van der Waals surface area contributed by atoms with Crippen LogP contribution < -0.4 is 5.32 Å². The highest BCUT2D eigenvalue weighted by Gasteiger charge is 2.02. The number of pyridine rings is 1. The molecule has 0 aliphatic carbocycles. The minimum atomic E-state index is 0. The minimum absolute atomic E-state index is 0. The lowest BCUT2D eigenvalue weighted by Crippen LogP contribution is -1.80. The largest absolute Gasteiger partial charge is 0.379 e. The second kappa shape index (κ2) is 4.93. The average Bonchev–Trinajstić information content (AvgIpc) is 2.67. The van der Waals surface area contributed by atoms with E-state index in [1.54, 1.807) is 17.5 Å². The maximum absolute atomic E-state index is 4.25. The molecule has 0 saturated heterocycles. The lowest BCUT2D eigenvalue weighted by molar-refractivity contribution is 1.29. The Balaban J connectivity index is 0.000000980. The zero-order valence-corrected chi connectivity index (χ0v) is 9.23. The van der Waals surface area contributed by atoms with Crippen LogP contribution in [0.4, 0.5) is 5.00 Å². The Kier molecular flexibility index (Phi) is 3.85. The maximum atomic E-state index is 4.25. The van der Waals surface area contributed by atoms with Crippen molar-refractivity contribution in [1.82, 2.24) is 9.97 Å². The van der Waals surface area contributed by atoms with Crippen LogP contribution in [0.15, 0.2) is 30.6 Å². The van der Waals surface area contributed by atoms with Crippen molar-refractivity contribution in [2.24, 2.45) is 0 Å². The third-order valence-corrected chi connectivity index (χ3v) is 2.67. The first-order chi connectivity index (χ1) is 6.40. The molecule has 0 aliphatic rings. The molecular weight excluding hydrogens is 218 g/mol. The van der Waals surface area contributed by atoms with E-state index in [0.717, 1.165) is 15.7 Å². The Hall–Kier alpha value is -1.13. The summed E-state index contributed by atoms with van der Waals surface area (Å²) >= 11 is 1.60. The highest BCUT2D eigenvalue weighted by molar-refractivity contribution is 7.18. The fourth-order valence-corrected chi connectivity index (χ4v) is 1.74. The molecule has 0 radical (unpaired) electrons. The van der Waals surface area contributed by atoms with Crippen LogP contribution in [0.1, 0.15) is 0 Å². The molecule has 2 aromatic heterocycles. The molecule has 0 aromatic carbocycles. The Labute approximate surface area is 92.6 Å². The smallest absolute Gasteiger partial charge is 0.143 e. The van der Waals surface area contributed by atoms with E-state index in [1.165, 1.54) is 0 Å². The number of hydrogen-bond donors (Lipinski definition) is 1. The van der Waals surface area contributed by atoms with Crippen molar-refractivity contribution in [3.63, 3.8) is 0 Å². The number of halogens is 1. The summed E-state index contributed by atoms with van der Waals surface area (Å²) in [6.07, 6.45) is 3.59. The van der Waals surface area contributed by atoms with E-state index in [-0.39, 0.29) is 12.4 Å². The number of anilines is 1. The molecule has 0 spiro atoms. The normalized spacial score (nSPS) is 9.21. The molecule has 0 saturated carbocycles. The van der Waals surface area contributed by atoms with Gasteiger partial charge in [-0.05, 0) is 12.1 Å². The first kappa shape index (κ1) is 10.9.